The zero-order valence-electron chi connectivity index (χ0n) is 17.8. The van der Waals surface area contributed by atoms with Gasteiger partial charge >= 0.3 is 6.18 Å². The molecule has 3 heterocycles. The molecule has 2 aromatic rings. The Bertz CT molecular complexity index is 1020. The van der Waals surface area contributed by atoms with Crippen LogP contribution in [0.4, 0.5) is 30.6 Å². The summed E-state index contributed by atoms with van der Waals surface area (Å²) < 4.78 is 43.3. The fourth-order valence-electron chi connectivity index (χ4n) is 3.80. The van der Waals surface area contributed by atoms with Crippen molar-refractivity contribution in [3.05, 3.63) is 29.7 Å². The monoisotopic (exact) mass is 451 g/mol. The Morgan fingerprint density at radius 3 is 2.69 bits per heavy atom. The van der Waals surface area contributed by atoms with Gasteiger partial charge in [-0.25, -0.2) is 9.97 Å². The van der Waals surface area contributed by atoms with Gasteiger partial charge < -0.3 is 26.0 Å². The lowest BCUT2D eigenvalue weighted by molar-refractivity contribution is -0.141. The molecule has 1 saturated carbocycles. The number of aromatic nitrogens is 3. The van der Waals surface area contributed by atoms with E-state index in [1.807, 2.05) is 0 Å². The molecule has 2 aliphatic rings. The first kappa shape index (κ1) is 22.1. The number of amides is 1. The van der Waals surface area contributed by atoms with Crippen LogP contribution < -0.4 is 26.0 Å². The van der Waals surface area contributed by atoms with E-state index < -0.39 is 17.4 Å². The van der Waals surface area contributed by atoms with Crippen LogP contribution in [0.3, 0.4) is 0 Å². The number of nitrogens with two attached hydrogens (primary N) is 1. The Labute approximate surface area is 182 Å². The Balaban J connectivity index is 1.34. The molecule has 9 nitrogen and oxygen atoms in total. The summed E-state index contributed by atoms with van der Waals surface area (Å²) in [7, 11) is 1.81. The number of alkyl halides is 3. The van der Waals surface area contributed by atoms with Gasteiger partial charge in [0.15, 0.2) is 5.82 Å². The standard InChI is InChI=1S/C20H24F3N7O2/c1-10-15-16(30(3)11(2)17(31)28-15)29-18(26-10)27-12-6-19(24,7-12)9-32-13-4-5-14(25-8-13)20(21,22)23/h4-5,8,11-12H,6-7,9,24H2,1-3H3,(H,28,31)(H,26,27,29)/t11-,12?,19?/m0/s1. The third-order valence-electron chi connectivity index (χ3n) is 5.81. The number of carbonyl (C=O) groups is 1. The van der Waals surface area contributed by atoms with Crippen LogP contribution in [0.25, 0.3) is 0 Å². The maximum Gasteiger partial charge on any atom is 0.433 e. The van der Waals surface area contributed by atoms with Crippen molar-refractivity contribution in [2.75, 3.05) is 29.2 Å². The molecular formula is C20H24F3N7O2. The second kappa shape index (κ2) is 7.76. The minimum Gasteiger partial charge on any atom is -0.490 e. The highest BCUT2D eigenvalue weighted by molar-refractivity contribution is 6.03. The largest absolute Gasteiger partial charge is 0.490 e. The summed E-state index contributed by atoms with van der Waals surface area (Å²) in [5.74, 6) is 1.20. The number of ether oxygens (including phenoxy) is 1. The molecule has 0 spiro atoms. The van der Waals surface area contributed by atoms with E-state index >= 15 is 0 Å². The normalized spacial score (nSPS) is 25.0. The summed E-state index contributed by atoms with van der Waals surface area (Å²) in [5, 5.41) is 6.10. The maximum absolute atomic E-state index is 12.6. The Kier molecular flexibility index (Phi) is 5.35. The van der Waals surface area contributed by atoms with E-state index in [9.17, 15) is 18.0 Å². The van der Waals surface area contributed by atoms with Crippen LogP contribution in [-0.4, -0.2) is 52.1 Å². The summed E-state index contributed by atoms with van der Waals surface area (Å²) in [6, 6.07) is 1.78. The van der Waals surface area contributed by atoms with Crippen LogP contribution >= 0.6 is 0 Å². The summed E-state index contributed by atoms with van der Waals surface area (Å²) in [6.45, 7) is 3.74. The lowest BCUT2D eigenvalue weighted by atomic mass is 9.74. The van der Waals surface area contributed by atoms with Crippen LogP contribution in [0, 0.1) is 6.92 Å². The molecule has 32 heavy (non-hydrogen) atoms. The summed E-state index contributed by atoms with van der Waals surface area (Å²) in [6.07, 6.45) is -2.30. The Morgan fingerprint density at radius 2 is 2.06 bits per heavy atom. The summed E-state index contributed by atoms with van der Waals surface area (Å²) in [5.41, 5.74) is 5.99. The average Bonchev–Trinajstić information content (AvgIpc) is 2.70. The van der Waals surface area contributed by atoms with Gasteiger partial charge in [-0.1, -0.05) is 0 Å². The number of hydrogen-bond donors (Lipinski definition) is 3. The van der Waals surface area contributed by atoms with Gasteiger partial charge in [-0.3, -0.25) is 4.79 Å². The number of pyridine rings is 1. The molecular weight excluding hydrogens is 427 g/mol. The van der Waals surface area contributed by atoms with Crippen molar-refractivity contribution in [3.63, 3.8) is 0 Å². The fraction of sp³-hybridized carbons (Fsp3) is 0.500. The van der Waals surface area contributed by atoms with E-state index in [0.29, 0.717) is 36.0 Å². The zero-order chi connectivity index (χ0) is 23.3. The number of anilines is 3. The van der Waals surface area contributed by atoms with Crippen LogP contribution in [0.15, 0.2) is 18.3 Å². The van der Waals surface area contributed by atoms with Gasteiger partial charge in [-0.05, 0) is 38.8 Å². The molecule has 12 heteroatoms. The molecule has 1 fully saturated rings. The smallest absolute Gasteiger partial charge is 0.433 e. The van der Waals surface area contributed by atoms with Crippen molar-refractivity contribution in [2.45, 2.75) is 50.5 Å². The van der Waals surface area contributed by atoms with E-state index in [2.05, 4.69) is 25.6 Å². The predicted octanol–water partition coefficient (Wildman–Crippen LogP) is 2.33. The molecule has 172 valence electrons. The first-order chi connectivity index (χ1) is 14.9. The minimum atomic E-state index is -4.49. The van der Waals surface area contributed by atoms with Gasteiger partial charge in [-0.15, -0.1) is 0 Å². The average molecular weight is 451 g/mol. The van der Waals surface area contributed by atoms with Gasteiger partial charge in [-0.2, -0.15) is 18.2 Å². The van der Waals surface area contributed by atoms with Gasteiger partial charge in [0.25, 0.3) is 0 Å². The maximum atomic E-state index is 12.6. The number of fused-ring (bicyclic) bond motifs is 1. The topological polar surface area (TPSA) is 118 Å². The molecule has 1 atom stereocenters. The number of halogens is 3. The van der Waals surface area contributed by atoms with Crippen molar-refractivity contribution in [1.29, 1.82) is 0 Å². The summed E-state index contributed by atoms with van der Waals surface area (Å²) >= 11 is 0. The lowest BCUT2D eigenvalue weighted by Crippen LogP contribution is -2.60. The van der Waals surface area contributed by atoms with Crippen molar-refractivity contribution in [1.82, 2.24) is 15.0 Å². The molecule has 1 aliphatic heterocycles. The van der Waals surface area contributed by atoms with Gasteiger partial charge in [0.05, 0.1) is 17.4 Å². The van der Waals surface area contributed by atoms with E-state index in [0.717, 1.165) is 12.3 Å². The molecule has 4 N–H and O–H groups in total. The zero-order valence-corrected chi connectivity index (χ0v) is 17.8. The molecule has 0 saturated heterocycles. The molecule has 0 aromatic carbocycles. The van der Waals surface area contributed by atoms with E-state index in [4.69, 9.17) is 10.5 Å². The van der Waals surface area contributed by atoms with Gasteiger partial charge in [0.2, 0.25) is 11.9 Å². The number of nitrogens with one attached hydrogen (secondary N) is 2. The molecule has 1 amide bonds. The second-order valence-corrected chi connectivity index (χ2v) is 8.38. The number of likely N-dealkylation sites (N-methyl/N-ethyl adjacent to an activating group) is 1. The fourth-order valence-corrected chi connectivity index (χ4v) is 3.80. The lowest BCUT2D eigenvalue weighted by Gasteiger charge is -2.44. The quantitative estimate of drug-likeness (QED) is 0.634. The third kappa shape index (κ3) is 4.27. The molecule has 2 aromatic heterocycles. The van der Waals surface area contributed by atoms with E-state index in [1.165, 1.54) is 6.07 Å². The highest BCUT2D eigenvalue weighted by atomic mass is 19.4. The number of carbonyl (C=O) groups excluding carboxylic acids is 1. The number of rotatable bonds is 5. The predicted molar refractivity (Wildman–Crippen MR) is 112 cm³/mol. The van der Waals surface area contributed by atoms with Crippen molar-refractivity contribution >= 4 is 23.4 Å². The molecule has 4 rings (SSSR count). The highest BCUT2D eigenvalue weighted by Crippen LogP contribution is 2.36. The van der Waals surface area contributed by atoms with Crippen LogP contribution in [0.2, 0.25) is 0 Å². The van der Waals surface area contributed by atoms with Crippen molar-refractivity contribution < 1.29 is 22.7 Å². The molecule has 0 unspecified atom stereocenters. The number of nitrogens with zero attached hydrogens (tertiary/aromatic N) is 4. The van der Waals surface area contributed by atoms with E-state index in [-0.39, 0.29) is 30.3 Å². The Hall–Kier alpha value is -3.15. The third-order valence-corrected chi connectivity index (χ3v) is 5.81. The SMILES string of the molecule is Cc1nc(NC2CC(N)(COc3ccc(C(F)(F)F)nc3)C2)nc2c1NC(=O)[C@H](C)N2C. The van der Waals surface area contributed by atoms with Crippen molar-refractivity contribution in [2.24, 2.45) is 5.73 Å². The second-order valence-electron chi connectivity index (χ2n) is 8.38. The van der Waals surface area contributed by atoms with E-state index in [1.54, 1.807) is 25.8 Å². The molecule has 0 radical (unpaired) electrons. The summed E-state index contributed by atoms with van der Waals surface area (Å²) in [4.78, 5) is 26.2. The van der Waals surface area contributed by atoms with Crippen LogP contribution in [-0.2, 0) is 11.0 Å². The van der Waals surface area contributed by atoms with Gasteiger partial charge in [0.1, 0.15) is 29.8 Å². The first-order valence-electron chi connectivity index (χ1n) is 10.1. The first-order valence-corrected chi connectivity index (χ1v) is 10.1. The van der Waals surface area contributed by atoms with Crippen LogP contribution in [0.5, 0.6) is 5.75 Å². The Morgan fingerprint density at radius 1 is 1.34 bits per heavy atom. The molecule has 0 bridgehead atoms. The van der Waals surface area contributed by atoms with Gasteiger partial charge in [0, 0.05) is 13.1 Å². The highest BCUT2D eigenvalue weighted by Gasteiger charge is 2.42. The minimum absolute atomic E-state index is 0.0210. The molecule has 1 aliphatic carbocycles. The number of hydrogen-bond acceptors (Lipinski definition) is 8. The van der Waals surface area contributed by atoms with Crippen molar-refractivity contribution in [3.8, 4) is 5.75 Å². The van der Waals surface area contributed by atoms with Crippen LogP contribution in [0.1, 0.15) is 31.2 Å². The number of aryl methyl sites for hydroxylation is 1.